The van der Waals surface area contributed by atoms with Gasteiger partial charge >= 0.3 is 0 Å². The molecule has 1 amide bonds. The van der Waals surface area contributed by atoms with Crippen LogP contribution in [-0.4, -0.2) is 15.8 Å². The van der Waals surface area contributed by atoms with Crippen molar-refractivity contribution in [2.75, 3.05) is 0 Å². The lowest BCUT2D eigenvalue weighted by atomic mass is 9.93. The first kappa shape index (κ1) is 17.1. The third kappa shape index (κ3) is 3.92. The van der Waals surface area contributed by atoms with Crippen LogP contribution in [0, 0.1) is 17.0 Å². The molecule has 0 aliphatic carbocycles. The second-order valence-corrected chi connectivity index (χ2v) is 7.23. The summed E-state index contributed by atoms with van der Waals surface area (Å²) >= 11 is 1.47. The zero-order chi connectivity index (χ0) is 17.2. The molecule has 7 heteroatoms. The van der Waals surface area contributed by atoms with Crippen molar-refractivity contribution in [2.45, 2.75) is 39.7 Å². The summed E-state index contributed by atoms with van der Waals surface area (Å²) in [5.41, 5.74) is 1.30. The highest BCUT2D eigenvalue weighted by Gasteiger charge is 2.23. The number of aryl methyl sites for hydroxylation is 1. The molecular formula is C16H19N3O3S. The summed E-state index contributed by atoms with van der Waals surface area (Å²) in [6, 6.07) is 4.71. The third-order valence-corrected chi connectivity index (χ3v) is 4.23. The molecule has 1 aromatic carbocycles. The van der Waals surface area contributed by atoms with Gasteiger partial charge in [0.25, 0.3) is 11.6 Å². The van der Waals surface area contributed by atoms with Crippen LogP contribution < -0.4 is 5.32 Å². The number of nitrogens with zero attached hydrogens (tertiary/aromatic N) is 2. The first-order valence-corrected chi connectivity index (χ1v) is 8.05. The SMILES string of the molecule is Cc1cccc(C(=O)NCc2nc(C(C)(C)C)cs2)c1[N+](=O)[O-]. The van der Waals surface area contributed by atoms with E-state index in [1.807, 2.05) is 5.38 Å². The molecule has 23 heavy (non-hydrogen) atoms. The van der Waals surface area contributed by atoms with Gasteiger partial charge in [0.05, 0.1) is 17.2 Å². The van der Waals surface area contributed by atoms with Crippen molar-refractivity contribution in [1.82, 2.24) is 10.3 Å². The lowest BCUT2D eigenvalue weighted by Crippen LogP contribution is -2.24. The van der Waals surface area contributed by atoms with E-state index in [1.165, 1.54) is 17.4 Å². The van der Waals surface area contributed by atoms with Gasteiger partial charge in [-0.25, -0.2) is 4.98 Å². The first-order valence-electron chi connectivity index (χ1n) is 7.17. The number of nitrogens with one attached hydrogen (secondary N) is 1. The Hall–Kier alpha value is -2.28. The second-order valence-electron chi connectivity index (χ2n) is 6.29. The van der Waals surface area contributed by atoms with Crippen LogP contribution >= 0.6 is 11.3 Å². The van der Waals surface area contributed by atoms with Gasteiger partial charge in [-0.15, -0.1) is 11.3 Å². The minimum Gasteiger partial charge on any atom is -0.345 e. The van der Waals surface area contributed by atoms with Gasteiger partial charge in [0.2, 0.25) is 0 Å². The van der Waals surface area contributed by atoms with Crippen LogP contribution in [0.1, 0.15) is 47.4 Å². The fourth-order valence-electron chi connectivity index (χ4n) is 2.07. The number of carbonyl (C=O) groups is 1. The molecule has 122 valence electrons. The van der Waals surface area contributed by atoms with Crippen molar-refractivity contribution >= 4 is 22.9 Å². The topological polar surface area (TPSA) is 85.1 Å². The normalized spacial score (nSPS) is 11.3. The van der Waals surface area contributed by atoms with Crippen molar-refractivity contribution in [2.24, 2.45) is 0 Å². The highest BCUT2D eigenvalue weighted by Crippen LogP contribution is 2.25. The van der Waals surface area contributed by atoms with E-state index in [0.29, 0.717) is 5.56 Å². The Morgan fingerprint density at radius 2 is 2.09 bits per heavy atom. The Bertz CT molecular complexity index is 747. The summed E-state index contributed by atoms with van der Waals surface area (Å²) in [7, 11) is 0. The van der Waals surface area contributed by atoms with Crippen molar-refractivity contribution < 1.29 is 9.72 Å². The summed E-state index contributed by atoms with van der Waals surface area (Å²) in [5, 5.41) is 16.6. The number of rotatable bonds is 4. The Labute approximate surface area is 138 Å². The van der Waals surface area contributed by atoms with E-state index >= 15 is 0 Å². The van der Waals surface area contributed by atoms with Crippen LogP contribution in [-0.2, 0) is 12.0 Å². The van der Waals surface area contributed by atoms with Crippen LogP contribution in [0.4, 0.5) is 5.69 Å². The summed E-state index contributed by atoms with van der Waals surface area (Å²) in [6.07, 6.45) is 0. The van der Waals surface area contributed by atoms with Crippen LogP contribution in [0.5, 0.6) is 0 Å². The van der Waals surface area contributed by atoms with E-state index in [4.69, 9.17) is 0 Å². The summed E-state index contributed by atoms with van der Waals surface area (Å²) in [5.74, 6) is -0.465. The lowest BCUT2D eigenvalue weighted by molar-refractivity contribution is -0.385. The number of nitro benzene ring substituents is 1. The molecule has 1 heterocycles. The van der Waals surface area contributed by atoms with E-state index in [9.17, 15) is 14.9 Å². The van der Waals surface area contributed by atoms with Gasteiger partial charge in [-0.3, -0.25) is 14.9 Å². The molecule has 6 nitrogen and oxygen atoms in total. The maximum atomic E-state index is 12.3. The number of amides is 1. The Morgan fingerprint density at radius 3 is 2.65 bits per heavy atom. The zero-order valence-corrected chi connectivity index (χ0v) is 14.4. The minimum atomic E-state index is -0.522. The van der Waals surface area contributed by atoms with Crippen LogP contribution in [0.2, 0.25) is 0 Å². The number of thiazole rings is 1. The van der Waals surface area contributed by atoms with Gasteiger partial charge in [0.1, 0.15) is 10.6 Å². The van der Waals surface area contributed by atoms with Gasteiger partial charge in [0, 0.05) is 16.4 Å². The van der Waals surface area contributed by atoms with Gasteiger partial charge in [-0.05, 0) is 13.0 Å². The van der Waals surface area contributed by atoms with E-state index in [-0.39, 0.29) is 23.2 Å². The molecule has 0 spiro atoms. The van der Waals surface area contributed by atoms with Crippen molar-refractivity contribution in [3.05, 3.63) is 55.5 Å². The molecule has 0 bridgehead atoms. The molecule has 0 atom stereocenters. The molecule has 0 saturated carbocycles. The van der Waals surface area contributed by atoms with Crippen molar-refractivity contribution in [3.8, 4) is 0 Å². The summed E-state index contributed by atoms with van der Waals surface area (Å²) in [4.78, 5) is 27.4. The van der Waals surface area contributed by atoms with E-state index in [1.54, 1.807) is 19.1 Å². The molecule has 2 aromatic rings. The standard InChI is InChI=1S/C16H19N3O3S/c1-10-6-5-7-11(14(10)19(21)22)15(20)17-8-13-18-12(9-23-13)16(2,3)4/h5-7,9H,8H2,1-4H3,(H,17,20). The minimum absolute atomic E-state index is 0.0475. The molecule has 1 aromatic heterocycles. The Balaban J connectivity index is 2.13. The molecule has 1 N–H and O–H groups in total. The molecule has 0 radical (unpaired) electrons. The number of hydrogen-bond acceptors (Lipinski definition) is 5. The smallest absolute Gasteiger partial charge is 0.285 e. The lowest BCUT2D eigenvalue weighted by Gasteiger charge is -2.14. The van der Waals surface area contributed by atoms with Crippen LogP contribution in [0.3, 0.4) is 0 Å². The highest BCUT2D eigenvalue weighted by atomic mass is 32.1. The molecular weight excluding hydrogens is 314 g/mol. The monoisotopic (exact) mass is 333 g/mol. The predicted octanol–water partition coefficient (Wildman–Crippen LogP) is 3.59. The Kier molecular flexibility index (Phi) is 4.79. The van der Waals surface area contributed by atoms with Gasteiger partial charge in [0.15, 0.2) is 0 Å². The summed E-state index contributed by atoms with van der Waals surface area (Å²) in [6.45, 7) is 8.08. The van der Waals surface area contributed by atoms with Crippen LogP contribution in [0.15, 0.2) is 23.6 Å². The maximum Gasteiger partial charge on any atom is 0.285 e. The highest BCUT2D eigenvalue weighted by molar-refractivity contribution is 7.09. The molecule has 0 fully saturated rings. The zero-order valence-electron chi connectivity index (χ0n) is 13.5. The molecule has 0 unspecified atom stereocenters. The average molecular weight is 333 g/mol. The van der Waals surface area contributed by atoms with Gasteiger partial charge in [-0.1, -0.05) is 32.9 Å². The molecule has 0 saturated heterocycles. The quantitative estimate of drug-likeness (QED) is 0.684. The van der Waals surface area contributed by atoms with Gasteiger partial charge in [-0.2, -0.15) is 0 Å². The fourth-order valence-corrected chi connectivity index (χ4v) is 3.03. The van der Waals surface area contributed by atoms with Crippen molar-refractivity contribution in [3.63, 3.8) is 0 Å². The number of carbonyl (C=O) groups excluding carboxylic acids is 1. The molecule has 0 aliphatic heterocycles. The number of nitro groups is 1. The average Bonchev–Trinajstić information content (AvgIpc) is 2.93. The molecule has 2 rings (SSSR count). The van der Waals surface area contributed by atoms with E-state index in [2.05, 4.69) is 31.1 Å². The largest absolute Gasteiger partial charge is 0.345 e. The number of hydrogen-bond donors (Lipinski definition) is 1. The van der Waals surface area contributed by atoms with Crippen LogP contribution in [0.25, 0.3) is 0 Å². The van der Waals surface area contributed by atoms with Gasteiger partial charge < -0.3 is 5.32 Å². The summed E-state index contributed by atoms with van der Waals surface area (Å²) < 4.78 is 0. The maximum absolute atomic E-state index is 12.3. The van der Waals surface area contributed by atoms with Crippen molar-refractivity contribution in [1.29, 1.82) is 0 Å². The number of para-hydroxylation sites is 1. The first-order chi connectivity index (χ1) is 10.7. The van der Waals surface area contributed by atoms with E-state index < -0.39 is 10.8 Å². The number of benzene rings is 1. The third-order valence-electron chi connectivity index (χ3n) is 3.39. The Morgan fingerprint density at radius 1 is 1.39 bits per heavy atom. The van der Waals surface area contributed by atoms with E-state index in [0.717, 1.165) is 10.7 Å². The molecule has 0 aliphatic rings. The second kappa shape index (κ2) is 6.45. The predicted molar refractivity (Wildman–Crippen MR) is 89.8 cm³/mol. The fraction of sp³-hybridized carbons (Fsp3) is 0.375. The number of aromatic nitrogens is 1.